The summed E-state index contributed by atoms with van der Waals surface area (Å²) in [5.74, 6) is -0.166. The van der Waals surface area contributed by atoms with Crippen molar-refractivity contribution in [2.75, 3.05) is 30.4 Å². The lowest BCUT2D eigenvalue weighted by Crippen LogP contribution is -2.22. The number of likely N-dealkylation sites (N-methyl/N-ethyl adjacent to an activating group) is 1. The molecule has 1 unspecified atom stereocenters. The van der Waals surface area contributed by atoms with E-state index in [0.29, 0.717) is 17.8 Å². The Morgan fingerprint density at radius 1 is 1.13 bits per heavy atom. The van der Waals surface area contributed by atoms with Gasteiger partial charge in [0.1, 0.15) is 0 Å². The summed E-state index contributed by atoms with van der Waals surface area (Å²) >= 11 is 0. The zero-order valence-electron chi connectivity index (χ0n) is 17.3. The molecule has 3 rings (SSSR count). The third-order valence-corrected chi connectivity index (χ3v) is 5.22. The van der Waals surface area contributed by atoms with Crippen molar-refractivity contribution in [1.82, 2.24) is 0 Å². The van der Waals surface area contributed by atoms with E-state index in [9.17, 15) is 9.59 Å². The first-order chi connectivity index (χ1) is 14.6. The molecule has 2 N–H and O–H groups in total. The summed E-state index contributed by atoms with van der Waals surface area (Å²) in [6.45, 7) is 0.675. The number of rotatable bonds is 8. The normalized spacial score (nSPS) is 15.9. The molecule has 1 atom stereocenters. The van der Waals surface area contributed by atoms with Gasteiger partial charge in [-0.3, -0.25) is 9.59 Å². The maximum absolute atomic E-state index is 12.4. The molecule has 0 radical (unpaired) electrons. The number of anilines is 2. The van der Waals surface area contributed by atoms with Crippen molar-refractivity contribution >= 4 is 29.1 Å². The third-order valence-electron chi connectivity index (χ3n) is 5.22. The number of carbonyl (C=O) groups excluding carboxylic acids is 2. The van der Waals surface area contributed by atoms with Gasteiger partial charge in [-0.15, -0.1) is 0 Å². The van der Waals surface area contributed by atoms with Crippen molar-refractivity contribution in [2.24, 2.45) is 5.92 Å². The molecule has 2 aromatic rings. The first-order valence-electron chi connectivity index (χ1n) is 10.3. The number of aliphatic hydroxyl groups excluding tert-OH is 1. The minimum atomic E-state index is -0.0930. The first-order valence-corrected chi connectivity index (χ1v) is 10.3. The Hall–Kier alpha value is -3.18. The number of ketones is 1. The van der Waals surface area contributed by atoms with Crippen LogP contribution in [0.1, 0.15) is 35.2 Å². The number of allylic oxidation sites excluding steroid dienone is 2. The topological polar surface area (TPSA) is 69.6 Å². The van der Waals surface area contributed by atoms with Crippen LogP contribution in [0.5, 0.6) is 0 Å². The fourth-order valence-corrected chi connectivity index (χ4v) is 3.37. The van der Waals surface area contributed by atoms with Crippen molar-refractivity contribution in [3.8, 4) is 0 Å². The van der Waals surface area contributed by atoms with E-state index < -0.39 is 0 Å². The summed E-state index contributed by atoms with van der Waals surface area (Å²) in [6.07, 6.45) is 10.3. The number of nitrogens with one attached hydrogen (secondary N) is 1. The van der Waals surface area contributed by atoms with Crippen LogP contribution in [-0.2, 0) is 4.79 Å². The van der Waals surface area contributed by atoms with Gasteiger partial charge in [-0.2, -0.15) is 0 Å². The molecular formula is C25H28N2O3. The van der Waals surface area contributed by atoms with Gasteiger partial charge in [0.25, 0.3) is 0 Å². The molecule has 0 aromatic heterocycles. The van der Waals surface area contributed by atoms with Gasteiger partial charge in [0.2, 0.25) is 5.91 Å². The molecule has 2 aromatic carbocycles. The monoisotopic (exact) mass is 404 g/mol. The maximum atomic E-state index is 12.4. The average Bonchev–Trinajstić information content (AvgIpc) is 2.79. The summed E-state index contributed by atoms with van der Waals surface area (Å²) in [5, 5.41) is 11.9. The fourth-order valence-electron chi connectivity index (χ4n) is 3.37. The summed E-state index contributed by atoms with van der Waals surface area (Å²) in [7, 11) is 1.92. The van der Waals surface area contributed by atoms with Crippen molar-refractivity contribution in [3.05, 3.63) is 77.9 Å². The van der Waals surface area contributed by atoms with Gasteiger partial charge >= 0.3 is 0 Å². The van der Waals surface area contributed by atoms with E-state index in [0.717, 1.165) is 30.5 Å². The highest BCUT2D eigenvalue weighted by Crippen LogP contribution is 2.20. The number of carbonyl (C=O) groups is 2. The van der Waals surface area contributed by atoms with E-state index in [1.54, 1.807) is 36.4 Å². The van der Waals surface area contributed by atoms with E-state index in [4.69, 9.17) is 5.11 Å². The van der Waals surface area contributed by atoms with Crippen molar-refractivity contribution < 1.29 is 14.7 Å². The Labute approximate surface area is 177 Å². The van der Waals surface area contributed by atoms with Crippen LogP contribution in [0.15, 0.2) is 66.8 Å². The summed E-state index contributed by atoms with van der Waals surface area (Å²) < 4.78 is 0. The Bertz CT molecular complexity index is 914. The highest BCUT2D eigenvalue weighted by atomic mass is 16.3. The Balaban J connectivity index is 1.57. The predicted octanol–water partition coefficient (Wildman–Crippen LogP) is 4.31. The van der Waals surface area contributed by atoms with Crippen molar-refractivity contribution in [1.29, 1.82) is 0 Å². The Morgan fingerprint density at radius 3 is 2.50 bits per heavy atom. The predicted molar refractivity (Wildman–Crippen MR) is 122 cm³/mol. The summed E-state index contributed by atoms with van der Waals surface area (Å²) in [6, 6.07) is 14.8. The molecule has 5 heteroatoms. The lowest BCUT2D eigenvalue weighted by Gasteiger charge is -2.17. The van der Waals surface area contributed by atoms with Crippen LogP contribution in [0.4, 0.5) is 11.4 Å². The molecule has 0 spiro atoms. The second kappa shape index (κ2) is 10.6. The molecule has 1 aliphatic carbocycles. The van der Waals surface area contributed by atoms with Crippen LogP contribution in [0.25, 0.3) is 6.08 Å². The van der Waals surface area contributed by atoms with Gasteiger partial charge in [0.05, 0.1) is 12.5 Å². The second-order valence-electron chi connectivity index (χ2n) is 7.47. The molecule has 0 saturated carbocycles. The molecule has 0 fully saturated rings. The summed E-state index contributed by atoms with van der Waals surface area (Å²) in [5.41, 5.74) is 3.20. The van der Waals surface area contributed by atoms with Gasteiger partial charge in [0.15, 0.2) is 5.78 Å². The van der Waals surface area contributed by atoms with E-state index in [2.05, 4.69) is 11.4 Å². The van der Waals surface area contributed by atoms with Gasteiger partial charge in [-0.05, 0) is 67.3 Å². The smallest absolute Gasteiger partial charge is 0.231 e. The maximum Gasteiger partial charge on any atom is 0.231 e. The number of benzene rings is 2. The molecule has 5 nitrogen and oxygen atoms in total. The lowest BCUT2D eigenvalue weighted by atomic mass is 9.95. The SMILES string of the molecule is CN(CCO)c1ccc(/C=C/C(=O)c2ccc(NC(=O)C3C=CCCC3)cc2)cc1. The van der Waals surface area contributed by atoms with Crippen molar-refractivity contribution in [2.45, 2.75) is 19.3 Å². The number of nitrogens with zero attached hydrogens (tertiary/aromatic N) is 1. The molecular weight excluding hydrogens is 376 g/mol. The van der Waals surface area contributed by atoms with Gasteiger partial charge in [-0.25, -0.2) is 0 Å². The van der Waals surface area contributed by atoms with E-state index in [1.165, 1.54) is 0 Å². The molecule has 0 heterocycles. The minimum absolute atomic E-state index is 0.00185. The van der Waals surface area contributed by atoms with Crippen LogP contribution in [0.2, 0.25) is 0 Å². The van der Waals surface area contributed by atoms with Crippen LogP contribution in [0, 0.1) is 5.92 Å². The number of aliphatic hydroxyl groups is 1. The first kappa shape index (κ1) is 21.5. The largest absolute Gasteiger partial charge is 0.395 e. The minimum Gasteiger partial charge on any atom is -0.395 e. The molecule has 1 amide bonds. The molecule has 156 valence electrons. The molecule has 0 bridgehead atoms. The molecule has 0 aliphatic heterocycles. The number of hydrogen-bond donors (Lipinski definition) is 2. The van der Waals surface area contributed by atoms with Gasteiger partial charge in [0, 0.05) is 30.5 Å². The van der Waals surface area contributed by atoms with E-state index in [-0.39, 0.29) is 24.2 Å². The Kier molecular flexibility index (Phi) is 7.57. The quantitative estimate of drug-likeness (QED) is 0.391. The lowest BCUT2D eigenvalue weighted by molar-refractivity contribution is -0.118. The van der Waals surface area contributed by atoms with Crippen LogP contribution in [0.3, 0.4) is 0 Å². The fraction of sp³-hybridized carbons (Fsp3) is 0.280. The summed E-state index contributed by atoms with van der Waals surface area (Å²) in [4.78, 5) is 26.7. The van der Waals surface area contributed by atoms with E-state index in [1.807, 2.05) is 42.3 Å². The molecule has 0 saturated heterocycles. The second-order valence-corrected chi connectivity index (χ2v) is 7.47. The van der Waals surface area contributed by atoms with Crippen LogP contribution in [-0.4, -0.2) is 37.0 Å². The number of hydrogen-bond acceptors (Lipinski definition) is 4. The average molecular weight is 405 g/mol. The zero-order valence-corrected chi connectivity index (χ0v) is 17.3. The van der Waals surface area contributed by atoms with Crippen LogP contribution < -0.4 is 10.2 Å². The standard InChI is InChI=1S/C25H28N2O3/c1-27(17-18-28)23-14-7-19(8-15-23)9-16-24(29)20-10-12-22(13-11-20)26-25(30)21-5-3-2-4-6-21/h3,5,7-16,21,28H,2,4,6,17-18H2,1H3,(H,26,30)/b16-9+. The van der Waals surface area contributed by atoms with E-state index >= 15 is 0 Å². The van der Waals surface area contributed by atoms with Crippen LogP contribution >= 0.6 is 0 Å². The third kappa shape index (κ3) is 5.91. The van der Waals surface area contributed by atoms with Gasteiger partial charge < -0.3 is 15.3 Å². The highest BCUT2D eigenvalue weighted by molar-refractivity contribution is 6.07. The molecule has 1 aliphatic rings. The Morgan fingerprint density at radius 2 is 1.87 bits per heavy atom. The highest BCUT2D eigenvalue weighted by Gasteiger charge is 2.17. The molecule has 30 heavy (non-hydrogen) atoms. The van der Waals surface area contributed by atoms with Gasteiger partial charge in [-0.1, -0.05) is 30.4 Å². The van der Waals surface area contributed by atoms with Crippen molar-refractivity contribution in [3.63, 3.8) is 0 Å². The number of amides is 1. The zero-order chi connectivity index (χ0) is 21.3.